The molecule has 0 bridgehead atoms. The molecule has 0 aliphatic rings. The molecule has 0 radical (unpaired) electrons. The molecule has 5 heteroatoms. The van der Waals surface area contributed by atoms with E-state index in [-0.39, 0.29) is 5.56 Å². The van der Waals surface area contributed by atoms with E-state index >= 15 is 0 Å². The van der Waals surface area contributed by atoms with Gasteiger partial charge in [-0.25, -0.2) is 4.68 Å². The maximum absolute atomic E-state index is 11.4. The molecule has 14 heavy (non-hydrogen) atoms. The molecule has 0 saturated carbocycles. The van der Waals surface area contributed by atoms with E-state index in [4.69, 9.17) is 4.74 Å². The number of anilines is 1. The summed E-state index contributed by atoms with van der Waals surface area (Å²) in [5.41, 5.74) is 0.644. The molecule has 1 rings (SSSR count). The van der Waals surface area contributed by atoms with Gasteiger partial charge < -0.3 is 10.1 Å². The quantitative estimate of drug-likeness (QED) is 0.691. The average Bonchev–Trinajstić information content (AvgIpc) is 2.20. The first kappa shape index (κ1) is 10.7. The average molecular weight is 197 g/mol. The third-order valence-corrected chi connectivity index (χ3v) is 1.88. The molecule has 0 aliphatic carbocycles. The van der Waals surface area contributed by atoms with Gasteiger partial charge in [0.05, 0.1) is 11.9 Å². The first-order chi connectivity index (χ1) is 6.77. The first-order valence-corrected chi connectivity index (χ1v) is 4.52. The highest BCUT2D eigenvalue weighted by atomic mass is 16.5. The summed E-state index contributed by atoms with van der Waals surface area (Å²) >= 11 is 0. The van der Waals surface area contributed by atoms with Gasteiger partial charge in [-0.3, -0.25) is 4.79 Å². The van der Waals surface area contributed by atoms with Crippen molar-refractivity contribution < 1.29 is 4.74 Å². The number of aryl methyl sites for hydroxylation is 1. The maximum atomic E-state index is 11.4. The number of hydrogen-bond acceptors (Lipinski definition) is 4. The zero-order valence-corrected chi connectivity index (χ0v) is 8.49. The van der Waals surface area contributed by atoms with Crippen molar-refractivity contribution in [3.63, 3.8) is 0 Å². The normalized spacial score (nSPS) is 10.1. The molecule has 1 heterocycles. The number of nitrogens with one attached hydrogen (secondary N) is 1. The standard InChI is InChI=1S/C9H15N3O2/c1-10-8-6-9(13)12(11-7-8)4-3-5-14-2/h6-7,10H,3-5H2,1-2H3. The molecule has 1 aromatic heterocycles. The van der Waals surface area contributed by atoms with E-state index in [1.165, 1.54) is 10.7 Å². The molecule has 0 aromatic carbocycles. The molecule has 0 saturated heterocycles. The van der Waals surface area contributed by atoms with Crippen LogP contribution in [0.25, 0.3) is 0 Å². The Morgan fingerprint density at radius 1 is 1.64 bits per heavy atom. The molecule has 0 spiro atoms. The van der Waals surface area contributed by atoms with E-state index in [9.17, 15) is 4.79 Å². The van der Waals surface area contributed by atoms with E-state index in [0.29, 0.717) is 13.2 Å². The summed E-state index contributed by atoms with van der Waals surface area (Å²) in [6, 6.07) is 1.53. The largest absolute Gasteiger partial charge is 0.387 e. The Labute approximate surface area is 82.7 Å². The lowest BCUT2D eigenvalue weighted by Crippen LogP contribution is -2.22. The van der Waals surface area contributed by atoms with Crippen molar-refractivity contribution in [1.29, 1.82) is 0 Å². The van der Waals surface area contributed by atoms with E-state index < -0.39 is 0 Å². The van der Waals surface area contributed by atoms with E-state index in [2.05, 4.69) is 10.4 Å². The van der Waals surface area contributed by atoms with E-state index in [1.807, 2.05) is 0 Å². The summed E-state index contributed by atoms with van der Waals surface area (Å²) in [5, 5.41) is 6.87. The van der Waals surface area contributed by atoms with Crippen LogP contribution in [-0.4, -0.2) is 30.5 Å². The predicted molar refractivity (Wildman–Crippen MR) is 54.5 cm³/mol. The molecule has 5 nitrogen and oxygen atoms in total. The Hall–Kier alpha value is -1.36. The molecule has 78 valence electrons. The van der Waals surface area contributed by atoms with Crippen LogP contribution in [0.4, 0.5) is 5.69 Å². The van der Waals surface area contributed by atoms with E-state index in [1.54, 1.807) is 20.4 Å². The minimum atomic E-state index is -0.0899. The van der Waals surface area contributed by atoms with Crippen LogP contribution in [0.5, 0.6) is 0 Å². The van der Waals surface area contributed by atoms with Crippen molar-refractivity contribution >= 4 is 5.69 Å². The van der Waals surface area contributed by atoms with Gasteiger partial charge in [0, 0.05) is 33.4 Å². The topological polar surface area (TPSA) is 56.1 Å². The summed E-state index contributed by atoms with van der Waals surface area (Å²) in [4.78, 5) is 11.4. The van der Waals surface area contributed by atoms with Crippen molar-refractivity contribution in [2.24, 2.45) is 0 Å². The molecule has 0 fully saturated rings. The molecular formula is C9H15N3O2. The Kier molecular flexibility index (Phi) is 4.12. The monoisotopic (exact) mass is 197 g/mol. The van der Waals surface area contributed by atoms with Gasteiger partial charge in [-0.15, -0.1) is 0 Å². The predicted octanol–water partition coefficient (Wildman–Crippen LogP) is 0.321. The number of hydrogen-bond donors (Lipinski definition) is 1. The molecule has 1 N–H and O–H groups in total. The highest BCUT2D eigenvalue weighted by Gasteiger charge is 1.97. The van der Waals surface area contributed by atoms with Gasteiger partial charge in [0.1, 0.15) is 0 Å². The van der Waals surface area contributed by atoms with Crippen LogP contribution < -0.4 is 10.9 Å². The fourth-order valence-corrected chi connectivity index (χ4v) is 1.10. The van der Waals surface area contributed by atoms with Gasteiger partial charge >= 0.3 is 0 Å². The van der Waals surface area contributed by atoms with Crippen molar-refractivity contribution in [2.75, 3.05) is 26.1 Å². The van der Waals surface area contributed by atoms with Gasteiger partial charge in [-0.1, -0.05) is 0 Å². The van der Waals surface area contributed by atoms with Crippen LogP contribution in [0.2, 0.25) is 0 Å². The SMILES string of the molecule is CNc1cnn(CCCOC)c(=O)c1. The van der Waals surface area contributed by atoms with Crippen LogP contribution >= 0.6 is 0 Å². The molecule has 0 aliphatic heterocycles. The summed E-state index contributed by atoms with van der Waals surface area (Å²) < 4.78 is 6.32. The number of nitrogens with zero attached hydrogens (tertiary/aromatic N) is 2. The van der Waals surface area contributed by atoms with Crippen molar-refractivity contribution in [3.8, 4) is 0 Å². The molecule has 0 unspecified atom stereocenters. The van der Waals surface area contributed by atoms with Crippen LogP contribution in [0, 0.1) is 0 Å². The second kappa shape index (κ2) is 5.39. The van der Waals surface area contributed by atoms with Gasteiger partial charge in [-0.2, -0.15) is 5.10 Å². The molecular weight excluding hydrogens is 182 g/mol. The second-order valence-corrected chi connectivity index (χ2v) is 2.90. The van der Waals surface area contributed by atoms with Gasteiger partial charge in [-0.05, 0) is 6.42 Å². The lowest BCUT2D eigenvalue weighted by molar-refractivity contribution is 0.188. The highest BCUT2D eigenvalue weighted by molar-refractivity contribution is 5.37. The molecule has 0 amide bonds. The zero-order chi connectivity index (χ0) is 10.4. The van der Waals surface area contributed by atoms with Gasteiger partial charge in [0.15, 0.2) is 0 Å². The van der Waals surface area contributed by atoms with Gasteiger partial charge in [0.25, 0.3) is 5.56 Å². The third-order valence-electron chi connectivity index (χ3n) is 1.88. The number of methoxy groups -OCH3 is 1. The van der Waals surface area contributed by atoms with Crippen molar-refractivity contribution in [2.45, 2.75) is 13.0 Å². The fraction of sp³-hybridized carbons (Fsp3) is 0.556. The van der Waals surface area contributed by atoms with Gasteiger partial charge in [0.2, 0.25) is 0 Å². The van der Waals surface area contributed by atoms with Crippen LogP contribution in [-0.2, 0) is 11.3 Å². The smallest absolute Gasteiger partial charge is 0.268 e. The number of ether oxygens (including phenoxy) is 1. The fourth-order valence-electron chi connectivity index (χ4n) is 1.10. The molecule has 1 aromatic rings. The summed E-state index contributed by atoms with van der Waals surface area (Å²) in [5.74, 6) is 0. The lowest BCUT2D eigenvalue weighted by atomic mass is 10.4. The summed E-state index contributed by atoms with van der Waals surface area (Å²) in [6.07, 6.45) is 2.43. The zero-order valence-electron chi connectivity index (χ0n) is 8.49. The third kappa shape index (κ3) is 2.85. The van der Waals surface area contributed by atoms with Crippen molar-refractivity contribution in [3.05, 3.63) is 22.6 Å². The minimum absolute atomic E-state index is 0.0899. The minimum Gasteiger partial charge on any atom is -0.387 e. The van der Waals surface area contributed by atoms with E-state index in [0.717, 1.165) is 12.1 Å². The number of rotatable bonds is 5. The Morgan fingerprint density at radius 3 is 3.00 bits per heavy atom. The Morgan fingerprint density at radius 2 is 2.43 bits per heavy atom. The Balaban J connectivity index is 2.64. The first-order valence-electron chi connectivity index (χ1n) is 4.52. The molecule has 0 atom stereocenters. The van der Waals surface area contributed by atoms with Crippen molar-refractivity contribution in [1.82, 2.24) is 9.78 Å². The lowest BCUT2D eigenvalue weighted by Gasteiger charge is -2.04. The second-order valence-electron chi connectivity index (χ2n) is 2.90. The summed E-state index contributed by atoms with van der Waals surface area (Å²) in [7, 11) is 3.39. The van der Waals surface area contributed by atoms with Crippen LogP contribution in [0.3, 0.4) is 0 Å². The maximum Gasteiger partial charge on any atom is 0.268 e. The number of aromatic nitrogens is 2. The van der Waals surface area contributed by atoms with Crippen LogP contribution in [0.1, 0.15) is 6.42 Å². The highest BCUT2D eigenvalue weighted by Crippen LogP contribution is 1.96. The Bertz CT molecular complexity index is 335. The van der Waals surface area contributed by atoms with Crippen LogP contribution in [0.15, 0.2) is 17.1 Å². The summed E-state index contributed by atoms with van der Waals surface area (Å²) in [6.45, 7) is 1.23.